The Labute approximate surface area is 158 Å². The number of ether oxygens (including phenoxy) is 1. The molecule has 0 bridgehead atoms. The number of carbonyl (C=O) groups is 1. The Bertz CT molecular complexity index is 992. The van der Waals surface area contributed by atoms with Crippen molar-refractivity contribution in [2.75, 3.05) is 30.3 Å². The number of hydrogen-bond acceptors (Lipinski definition) is 3. The molecule has 1 aliphatic rings. The molecule has 4 rings (SSSR count). The molecule has 0 spiro atoms. The van der Waals surface area contributed by atoms with Gasteiger partial charge in [0.15, 0.2) is 0 Å². The van der Waals surface area contributed by atoms with Crippen LogP contribution in [0.3, 0.4) is 0 Å². The van der Waals surface area contributed by atoms with Crippen molar-refractivity contribution in [1.82, 2.24) is 9.88 Å². The summed E-state index contributed by atoms with van der Waals surface area (Å²) in [5.41, 5.74) is 11.3. The maximum atomic E-state index is 11.9. The Morgan fingerprint density at radius 3 is 2.56 bits per heavy atom. The molecule has 1 fully saturated rings. The molecule has 6 heteroatoms. The molecule has 1 aromatic heterocycles. The second-order valence-electron chi connectivity index (χ2n) is 6.55. The normalized spacial score (nSPS) is 14.0. The molecule has 0 radical (unpaired) electrons. The van der Waals surface area contributed by atoms with Gasteiger partial charge in [0.25, 0.3) is 0 Å². The molecule has 0 aliphatic carbocycles. The number of nitrogens with zero attached hydrogens (tertiary/aromatic N) is 2. The van der Waals surface area contributed by atoms with Crippen LogP contribution in [-0.4, -0.2) is 30.3 Å². The summed E-state index contributed by atoms with van der Waals surface area (Å²) in [6.45, 7) is 6.89. The van der Waals surface area contributed by atoms with Gasteiger partial charge in [0, 0.05) is 42.3 Å². The highest BCUT2D eigenvalue weighted by Crippen LogP contribution is 2.38. The molecule has 2 aromatic carbocycles. The predicted octanol–water partition coefficient (Wildman–Crippen LogP) is 3.84. The lowest BCUT2D eigenvalue weighted by molar-refractivity contribution is 0.252. The zero-order valence-electron chi connectivity index (χ0n) is 15.7. The SMILES string of the molecule is CCOc1ccc2c(N)c(-c3ccc(N4CCNC4=O)cc3)n(CC)c2c1. The van der Waals surface area contributed by atoms with E-state index >= 15 is 0 Å². The topological polar surface area (TPSA) is 72.5 Å². The summed E-state index contributed by atoms with van der Waals surface area (Å²) in [4.78, 5) is 13.6. The van der Waals surface area contributed by atoms with Gasteiger partial charge in [-0.1, -0.05) is 12.1 Å². The van der Waals surface area contributed by atoms with E-state index in [1.54, 1.807) is 4.90 Å². The van der Waals surface area contributed by atoms with Crippen molar-refractivity contribution in [3.05, 3.63) is 42.5 Å². The molecule has 0 atom stereocenters. The summed E-state index contributed by atoms with van der Waals surface area (Å²) >= 11 is 0. The van der Waals surface area contributed by atoms with Crippen LogP contribution in [0, 0.1) is 0 Å². The number of nitrogens with one attached hydrogen (secondary N) is 1. The number of aryl methyl sites for hydroxylation is 1. The average molecular weight is 364 g/mol. The molecule has 140 valence electrons. The van der Waals surface area contributed by atoms with E-state index in [0.717, 1.165) is 45.8 Å². The summed E-state index contributed by atoms with van der Waals surface area (Å²) in [5.74, 6) is 0.846. The standard InChI is InChI=1S/C21H24N4O2/c1-3-24-18-13-16(27-4-2)9-10-17(18)19(22)20(24)14-5-7-15(8-6-14)25-12-11-23-21(25)26/h5-10,13H,3-4,11-12,22H2,1-2H3,(H,23,26). The van der Waals surface area contributed by atoms with E-state index in [9.17, 15) is 4.79 Å². The monoisotopic (exact) mass is 364 g/mol. The molecular formula is C21H24N4O2. The third-order valence-corrected chi connectivity index (χ3v) is 5.01. The maximum absolute atomic E-state index is 11.9. The molecule has 0 unspecified atom stereocenters. The van der Waals surface area contributed by atoms with E-state index in [1.165, 1.54) is 0 Å². The van der Waals surface area contributed by atoms with Crippen molar-refractivity contribution in [2.45, 2.75) is 20.4 Å². The highest BCUT2D eigenvalue weighted by Gasteiger charge is 2.22. The third-order valence-electron chi connectivity index (χ3n) is 5.01. The zero-order valence-corrected chi connectivity index (χ0v) is 15.7. The van der Waals surface area contributed by atoms with Crippen LogP contribution >= 0.6 is 0 Å². The number of hydrogen-bond donors (Lipinski definition) is 2. The van der Waals surface area contributed by atoms with Gasteiger partial charge in [0.1, 0.15) is 5.75 Å². The Kier molecular flexibility index (Phi) is 4.39. The van der Waals surface area contributed by atoms with Gasteiger partial charge in [-0.2, -0.15) is 0 Å². The first kappa shape index (κ1) is 17.3. The van der Waals surface area contributed by atoms with Gasteiger partial charge >= 0.3 is 6.03 Å². The molecule has 27 heavy (non-hydrogen) atoms. The third kappa shape index (κ3) is 2.87. The van der Waals surface area contributed by atoms with Crippen molar-refractivity contribution in [2.24, 2.45) is 0 Å². The van der Waals surface area contributed by atoms with Gasteiger partial charge in [-0.15, -0.1) is 0 Å². The Hall–Kier alpha value is -3.15. The van der Waals surface area contributed by atoms with Crippen LogP contribution < -0.4 is 20.7 Å². The first-order valence-corrected chi connectivity index (χ1v) is 9.34. The molecule has 6 nitrogen and oxygen atoms in total. The van der Waals surface area contributed by atoms with Gasteiger partial charge < -0.3 is 20.4 Å². The van der Waals surface area contributed by atoms with Crippen molar-refractivity contribution < 1.29 is 9.53 Å². The van der Waals surface area contributed by atoms with Crippen LogP contribution in [0.1, 0.15) is 13.8 Å². The van der Waals surface area contributed by atoms with E-state index in [0.29, 0.717) is 19.7 Å². The van der Waals surface area contributed by atoms with Crippen LogP contribution in [-0.2, 0) is 6.54 Å². The van der Waals surface area contributed by atoms with E-state index in [2.05, 4.69) is 16.8 Å². The number of carbonyl (C=O) groups excluding carboxylic acids is 1. The summed E-state index contributed by atoms with van der Waals surface area (Å²) in [6, 6.07) is 14.0. The van der Waals surface area contributed by atoms with Gasteiger partial charge in [-0.25, -0.2) is 4.79 Å². The number of amides is 2. The number of fused-ring (bicyclic) bond motifs is 1. The Morgan fingerprint density at radius 1 is 1.15 bits per heavy atom. The molecule has 1 saturated heterocycles. The average Bonchev–Trinajstić information content (AvgIpc) is 3.23. The highest BCUT2D eigenvalue weighted by molar-refractivity contribution is 6.01. The van der Waals surface area contributed by atoms with Gasteiger partial charge in [0.2, 0.25) is 0 Å². The number of aromatic nitrogens is 1. The van der Waals surface area contributed by atoms with E-state index in [-0.39, 0.29) is 6.03 Å². The van der Waals surface area contributed by atoms with Crippen molar-refractivity contribution in [3.63, 3.8) is 0 Å². The molecule has 2 amide bonds. The highest BCUT2D eigenvalue weighted by atomic mass is 16.5. The second-order valence-corrected chi connectivity index (χ2v) is 6.55. The minimum Gasteiger partial charge on any atom is -0.494 e. The quantitative estimate of drug-likeness (QED) is 0.722. The van der Waals surface area contributed by atoms with E-state index in [4.69, 9.17) is 10.5 Å². The number of nitrogen functional groups attached to an aromatic ring is 1. The molecule has 1 aliphatic heterocycles. The number of urea groups is 1. The summed E-state index contributed by atoms with van der Waals surface area (Å²) in [7, 11) is 0. The second kappa shape index (κ2) is 6.87. The summed E-state index contributed by atoms with van der Waals surface area (Å²) in [6.07, 6.45) is 0. The minimum atomic E-state index is -0.0478. The van der Waals surface area contributed by atoms with Crippen molar-refractivity contribution >= 4 is 28.3 Å². The maximum Gasteiger partial charge on any atom is 0.321 e. The van der Waals surface area contributed by atoms with Crippen LogP contribution in [0.4, 0.5) is 16.2 Å². The Balaban J connectivity index is 1.78. The largest absolute Gasteiger partial charge is 0.494 e. The van der Waals surface area contributed by atoms with Crippen molar-refractivity contribution in [3.8, 4) is 17.0 Å². The summed E-state index contributed by atoms with van der Waals surface area (Å²) < 4.78 is 7.87. The minimum absolute atomic E-state index is 0.0478. The van der Waals surface area contributed by atoms with E-state index < -0.39 is 0 Å². The lowest BCUT2D eigenvalue weighted by Gasteiger charge is -2.15. The van der Waals surface area contributed by atoms with Crippen LogP contribution in [0.2, 0.25) is 0 Å². The number of nitrogens with two attached hydrogens (primary N) is 1. The first-order valence-electron chi connectivity index (χ1n) is 9.34. The number of anilines is 2. The van der Waals surface area contributed by atoms with Crippen LogP contribution in [0.5, 0.6) is 5.75 Å². The van der Waals surface area contributed by atoms with Crippen LogP contribution in [0.15, 0.2) is 42.5 Å². The molecule has 3 N–H and O–H groups in total. The van der Waals surface area contributed by atoms with Crippen LogP contribution in [0.25, 0.3) is 22.2 Å². The van der Waals surface area contributed by atoms with Crippen molar-refractivity contribution in [1.29, 1.82) is 0 Å². The smallest absolute Gasteiger partial charge is 0.321 e. The fourth-order valence-electron chi connectivity index (χ4n) is 3.77. The lowest BCUT2D eigenvalue weighted by atomic mass is 10.1. The van der Waals surface area contributed by atoms with Gasteiger partial charge in [0.05, 0.1) is 23.5 Å². The number of rotatable bonds is 5. The first-order chi connectivity index (χ1) is 13.1. The fourth-order valence-corrected chi connectivity index (χ4v) is 3.77. The van der Waals surface area contributed by atoms with Gasteiger partial charge in [-0.3, -0.25) is 4.90 Å². The number of benzene rings is 2. The lowest BCUT2D eigenvalue weighted by Crippen LogP contribution is -2.27. The molecule has 2 heterocycles. The fraction of sp³-hybridized carbons (Fsp3) is 0.286. The molecule has 0 saturated carbocycles. The Morgan fingerprint density at radius 2 is 1.93 bits per heavy atom. The van der Waals surface area contributed by atoms with Gasteiger partial charge in [-0.05, 0) is 38.1 Å². The summed E-state index contributed by atoms with van der Waals surface area (Å²) in [5, 5.41) is 3.85. The van der Waals surface area contributed by atoms with E-state index in [1.807, 2.05) is 49.4 Å². The zero-order chi connectivity index (χ0) is 19.0. The molecular weight excluding hydrogens is 340 g/mol. The molecule has 3 aromatic rings. The predicted molar refractivity (Wildman–Crippen MR) is 109 cm³/mol.